The molecule has 0 amide bonds. The number of benzene rings is 1. The molecule has 1 aromatic rings. The van der Waals surface area contributed by atoms with Crippen LogP contribution in [-0.4, -0.2) is 25.0 Å². The Hall–Kier alpha value is -1.47. The van der Waals surface area contributed by atoms with Gasteiger partial charge in [0.15, 0.2) is 0 Å². The molecule has 0 radical (unpaired) electrons. The third-order valence-corrected chi connectivity index (χ3v) is 5.12. The highest BCUT2D eigenvalue weighted by atomic mass is 32.2. The minimum absolute atomic E-state index is 0.0597. The summed E-state index contributed by atoms with van der Waals surface area (Å²) in [6.45, 7) is 0. The molecule has 0 atom stereocenters. The van der Waals surface area contributed by atoms with Crippen LogP contribution in [0.15, 0.2) is 29.2 Å². The van der Waals surface area contributed by atoms with Gasteiger partial charge < -0.3 is 5.11 Å². The van der Waals surface area contributed by atoms with Crippen molar-refractivity contribution in [2.45, 2.75) is 42.5 Å². The summed E-state index contributed by atoms with van der Waals surface area (Å²) < 4.78 is 39.9. The van der Waals surface area contributed by atoms with E-state index in [9.17, 15) is 17.6 Å². The number of rotatable bonds is 5. The maximum atomic E-state index is 12.8. The second-order valence-corrected chi connectivity index (χ2v) is 6.80. The smallest absolute Gasteiger partial charge is 0.305 e. The van der Waals surface area contributed by atoms with Gasteiger partial charge in [-0.2, -0.15) is 0 Å². The first-order chi connectivity index (χ1) is 9.33. The van der Waals surface area contributed by atoms with Crippen molar-refractivity contribution in [1.29, 1.82) is 0 Å². The number of nitrogens with one attached hydrogen (secondary N) is 1. The van der Waals surface area contributed by atoms with Crippen molar-refractivity contribution in [1.82, 2.24) is 4.72 Å². The van der Waals surface area contributed by atoms with Gasteiger partial charge in [-0.25, -0.2) is 17.5 Å². The Labute approximate surface area is 116 Å². The number of carbonyl (C=O) groups is 1. The van der Waals surface area contributed by atoms with Gasteiger partial charge in [-0.15, -0.1) is 0 Å². The largest absolute Gasteiger partial charge is 0.481 e. The van der Waals surface area contributed by atoms with Gasteiger partial charge in [0.25, 0.3) is 0 Å². The summed E-state index contributed by atoms with van der Waals surface area (Å²) in [4.78, 5) is 10.9. The van der Waals surface area contributed by atoms with Crippen LogP contribution in [0.2, 0.25) is 0 Å². The van der Waals surface area contributed by atoms with Crippen molar-refractivity contribution in [2.24, 2.45) is 0 Å². The van der Waals surface area contributed by atoms with E-state index < -0.39 is 27.3 Å². The van der Waals surface area contributed by atoms with Crippen LogP contribution in [0, 0.1) is 5.82 Å². The maximum Gasteiger partial charge on any atom is 0.305 e. The first-order valence-electron chi connectivity index (χ1n) is 6.34. The Kier molecular flexibility index (Phi) is 4.10. The molecule has 0 unspecified atom stereocenters. The van der Waals surface area contributed by atoms with Gasteiger partial charge in [-0.3, -0.25) is 4.79 Å². The van der Waals surface area contributed by atoms with Crippen LogP contribution in [0.4, 0.5) is 4.39 Å². The maximum absolute atomic E-state index is 12.8. The molecule has 1 fully saturated rings. The molecular weight excluding hydrogens is 285 g/mol. The lowest BCUT2D eigenvalue weighted by Crippen LogP contribution is -2.47. The summed E-state index contributed by atoms with van der Waals surface area (Å²) >= 11 is 0. The Bertz CT molecular complexity index is 591. The Balaban J connectivity index is 2.25. The zero-order chi connectivity index (χ0) is 14.8. The average molecular weight is 301 g/mol. The number of hydrogen-bond acceptors (Lipinski definition) is 3. The molecule has 0 heterocycles. The fraction of sp³-hybridized carbons (Fsp3) is 0.462. The third kappa shape index (κ3) is 3.34. The number of aliphatic carboxylic acids is 1. The summed E-state index contributed by atoms with van der Waals surface area (Å²) in [6.07, 6.45) is 2.34. The summed E-state index contributed by atoms with van der Waals surface area (Å²) in [5, 5.41) is 8.96. The van der Waals surface area contributed by atoms with Gasteiger partial charge in [0.1, 0.15) is 5.82 Å². The van der Waals surface area contributed by atoms with Crippen LogP contribution in [0.25, 0.3) is 0 Å². The standard InChI is InChI=1S/C13H16FNO4S/c14-10-3-5-11(6-4-10)20(18,19)15-13(9-12(16)17)7-1-2-8-13/h3-6,15H,1-2,7-9H2,(H,16,17). The molecule has 20 heavy (non-hydrogen) atoms. The van der Waals surface area contributed by atoms with Gasteiger partial charge in [0.2, 0.25) is 10.0 Å². The minimum Gasteiger partial charge on any atom is -0.481 e. The van der Waals surface area contributed by atoms with E-state index in [1.165, 1.54) is 12.1 Å². The lowest BCUT2D eigenvalue weighted by atomic mass is 9.95. The lowest BCUT2D eigenvalue weighted by molar-refractivity contribution is -0.138. The molecule has 2 rings (SSSR count). The van der Waals surface area contributed by atoms with E-state index in [1.54, 1.807) is 0 Å². The fourth-order valence-electron chi connectivity index (χ4n) is 2.61. The Morgan fingerprint density at radius 1 is 1.25 bits per heavy atom. The topological polar surface area (TPSA) is 83.5 Å². The minimum atomic E-state index is -3.84. The highest BCUT2D eigenvalue weighted by Crippen LogP contribution is 2.34. The Morgan fingerprint density at radius 3 is 2.30 bits per heavy atom. The molecule has 1 aliphatic rings. The summed E-state index contributed by atoms with van der Waals surface area (Å²) in [5.74, 6) is -1.56. The van der Waals surface area contributed by atoms with E-state index in [0.29, 0.717) is 12.8 Å². The molecule has 5 nitrogen and oxygen atoms in total. The lowest BCUT2D eigenvalue weighted by Gasteiger charge is -2.28. The highest BCUT2D eigenvalue weighted by Gasteiger charge is 2.39. The Morgan fingerprint density at radius 2 is 1.80 bits per heavy atom. The van der Waals surface area contributed by atoms with Gasteiger partial charge in [0, 0.05) is 5.54 Å². The summed E-state index contributed by atoms with van der Waals surface area (Å²) in [6, 6.07) is 4.46. The normalized spacial score (nSPS) is 18.1. The zero-order valence-electron chi connectivity index (χ0n) is 10.8. The van der Waals surface area contributed by atoms with Crippen molar-refractivity contribution < 1.29 is 22.7 Å². The molecule has 1 aliphatic carbocycles. The van der Waals surface area contributed by atoms with Crippen molar-refractivity contribution in [3.63, 3.8) is 0 Å². The summed E-state index contributed by atoms with van der Waals surface area (Å²) in [5.41, 5.74) is -0.931. The van der Waals surface area contributed by atoms with Crippen LogP contribution in [0.5, 0.6) is 0 Å². The number of carboxylic acids is 1. The van der Waals surface area contributed by atoms with E-state index >= 15 is 0 Å². The molecule has 0 aromatic heterocycles. The van der Waals surface area contributed by atoms with Crippen molar-refractivity contribution in [3.8, 4) is 0 Å². The van der Waals surface area contributed by atoms with Crippen LogP contribution in [0.1, 0.15) is 32.1 Å². The monoisotopic (exact) mass is 301 g/mol. The van der Waals surface area contributed by atoms with Gasteiger partial charge >= 0.3 is 5.97 Å². The molecule has 1 aromatic carbocycles. The van der Waals surface area contributed by atoms with Gasteiger partial charge in [-0.05, 0) is 37.1 Å². The number of hydrogen-bond donors (Lipinski definition) is 2. The molecule has 7 heteroatoms. The van der Waals surface area contributed by atoms with E-state index in [0.717, 1.165) is 25.0 Å². The van der Waals surface area contributed by atoms with Crippen molar-refractivity contribution in [3.05, 3.63) is 30.1 Å². The molecule has 110 valence electrons. The predicted molar refractivity (Wildman–Crippen MR) is 70.2 cm³/mol. The van der Waals surface area contributed by atoms with Gasteiger partial charge in [-0.1, -0.05) is 12.8 Å². The predicted octanol–water partition coefficient (Wildman–Crippen LogP) is 1.89. The SMILES string of the molecule is O=C(O)CC1(NS(=O)(=O)c2ccc(F)cc2)CCCC1. The number of sulfonamides is 1. The molecule has 2 N–H and O–H groups in total. The molecule has 1 saturated carbocycles. The van der Waals surface area contributed by atoms with E-state index in [-0.39, 0.29) is 11.3 Å². The van der Waals surface area contributed by atoms with Gasteiger partial charge in [0.05, 0.1) is 11.3 Å². The first kappa shape index (κ1) is 14.9. The fourth-order valence-corrected chi connectivity index (χ4v) is 4.07. The van der Waals surface area contributed by atoms with E-state index in [1.807, 2.05) is 0 Å². The number of carboxylic acid groups (broad SMARTS) is 1. The van der Waals surface area contributed by atoms with Crippen molar-refractivity contribution in [2.75, 3.05) is 0 Å². The van der Waals surface area contributed by atoms with Crippen LogP contribution in [-0.2, 0) is 14.8 Å². The van der Waals surface area contributed by atoms with Crippen molar-refractivity contribution >= 4 is 16.0 Å². The third-order valence-electron chi connectivity index (χ3n) is 3.53. The first-order valence-corrected chi connectivity index (χ1v) is 7.83. The second kappa shape index (κ2) is 5.49. The molecular formula is C13H16FNO4S. The molecule has 0 bridgehead atoms. The number of halogens is 1. The van der Waals surface area contributed by atoms with E-state index in [2.05, 4.69) is 4.72 Å². The van der Waals surface area contributed by atoms with Crippen LogP contribution in [0.3, 0.4) is 0 Å². The molecule has 0 spiro atoms. The van der Waals surface area contributed by atoms with E-state index in [4.69, 9.17) is 5.11 Å². The quantitative estimate of drug-likeness (QED) is 0.870. The zero-order valence-corrected chi connectivity index (χ0v) is 11.6. The van der Waals surface area contributed by atoms with Crippen LogP contribution < -0.4 is 4.72 Å². The average Bonchev–Trinajstić information content (AvgIpc) is 2.75. The molecule has 0 aliphatic heterocycles. The second-order valence-electron chi connectivity index (χ2n) is 5.12. The van der Waals surface area contributed by atoms with Crippen LogP contribution >= 0.6 is 0 Å². The highest BCUT2D eigenvalue weighted by molar-refractivity contribution is 7.89. The molecule has 0 saturated heterocycles. The summed E-state index contributed by atoms with van der Waals surface area (Å²) in [7, 11) is -3.84.